The van der Waals surface area contributed by atoms with Crippen molar-refractivity contribution in [1.29, 1.82) is 0 Å². The molecule has 0 aliphatic carbocycles. The Kier molecular flexibility index (Phi) is 6.12. The molecule has 0 aliphatic heterocycles. The fourth-order valence-corrected chi connectivity index (χ4v) is 5.92. The van der Waals surface area contributed by atoms with Crippen molar-refractivity contribution in [2.75, 3.05) is 0 Å². The average Bonchev–Trinajstić information content (AvgIpc) is 3.48. The van der Waals surface area contributed by atoms with Crippen molar-refractivity contribution in [3.8, 4) is 55.9 Å². The molecule has 0 fully saturated rings. The molecule has 3 nitrogen and oxygen atoms in total. The number of aromatic nitrogens is 3. The number of pyridine rings is 2. The SMILES string of the molecule is c1ccc(-c2c(-c3ccc(-c4cc(-c5cccnc5)cc(-c5ccc6ccccc6c5)c4)cc3)nc3ccccn23)cc1. The van der Waals surface area contributed by atoms with Crippen molar-refractivity contribution >= 4 is 16.4 Å². The lowest BCUT2D eigenvalue weighted by molar-refractivity contribution is 1.19. The van der Waals surface area contributed by atoms with Gasteiger partial charge in [-0.25, -0.2) is 4.98 Å². The van der Waals surface area contributed by atoms with Gasteiger partial charge in [-0.15, -0.1) is 0 Å². The lowest BCUT2D eigenvalue weighted by Crippen LogP contribution is -1.89. The van der Waals surface area contributed by atoms with Crippen LogP contribution in [0.15, 0.2) is 164 Å². The van der Waals surface area contributed by atoms with E-state index in [-0.39, 0.29) is 0 Å². The Morgan fingerprint density at radius 3 is 1.86 bits per heavy atom. The third kappa shape index (κ3) is 4.67. The van der Waals surface area contributed by atoms with Gasteiger partial charge < -0.3 is 0 Å². The highest BCUT2D eigenvalue weighted by molar-refractivity contribution is 5.90. The van der Waals surface area contributed by atoms with Crippen LogP contribution in [-0.4, -0.2) is 14.4 Å². The van der Waals surface area contributed by atoms with Gasteiger partial charge in [-0.2, -0.15) is 0 Å². The van der Waals surface area contributed by atoms with Crippen molar-refractivity contribution in [2.24, 2.45) is 0 Å². The van der Waals surface area contributed by atoms with Gasteiger partial charge in [-0.05, 0) is 81.1 Å². The molecular formula is C40H27N3. The van der Waals surface area contributed by atoms with Crippen molar-refractivity contribution in [3.05, 3.63) is 164 Å². The van der Waals surface area contributed by atoms with E-state index in [1.807, 2.05) is 30.6 Å². The molecule has 0 N–H and O–H groups in total. The summed E-state index contributed by atoms with van der Waals surface area (Å²) in [6.45, 7) is 0. The topological polar surface area (TPSA) is 30.2 Å². The van der Waals surface area contributed by atoms with Crippen LogP contribution in [0.3, 0.4) is 0 Å². The maximum atomic E-state index is 5.05. The molecule has 3 aromatic heterocycles. The molecule has 0 bridgehead atoms. The number of fused-ring (bicyclic) bond motifs is 2. The molecule has 202 valence electrons. The molecule has 0 saturated carbocycles. The van der Waals surface area contributed by atoms with E-state index < -0.39 is 0 Å². The summed E-state index contributed by atoms with van der Waals surface area (Å²) < 4.78 is 2.17. The number of imidazole rings is 1. The van der Waals surface area contributed by atoms with E-state index in [4.69, 9.17) is 4.98 Å². The molecule has 43 heavy (non-hydrogen) atoms. The van der Waals surface area contributed by atoms with Gasteiger partial charge >= 0.3 is 0 Å². The average molecular weight is 550 g/mol. The molecule has 8 aromatic rings. The number of nitrogens with zero attached hydrogens (tertiary/aromatic N) is 3. The molecule has 3 heteroatoms. The zero-order chi connectivity index (χ0) is 28.6. The minimum absolute atomic E-state index is 0.935. The van der Waals surface area contributed by atoms with Crippen molar-refractivity contribution < 1.29 is 0 Å². The lowest BCUT2D eigenvalue weighted by Gasteiger charge is -2.12. The molecule has 0 atom stereocenters. The predicted molar refractivity (Wildman–Crippen MR) is 178 cm³/mol. The smallest absolute Gasteiger partial charge is 0.137 e. The van der Waals surface area contributed by atoms with E-state index in [1.165, 1.54) is 21.9 Å². The summed E-state index contributed by atoms with van der Waals surface area (Å²) >= 11 is 0. The highest BCUT2D eigenvalue weighted by Gasteiger charge is 2.16. The maximum Gasteiger partial charge on any atom is 0.137 e. The van der Waals surface area contributed by atoms with Crippen molar-refractivity contribution in [3.63, 3.8) is 0 Å². The number of hydrogen-bond acceptors (Lipinski definition) is 2. The molecule has 0 amide bonds. The second kappa shape index (κ2) is 10.6. The Bertz CT molecular complexity index is 2210. The minimum atomic E-state index is 0.935. The molecule has 0 aliphatic rings. The van der Waals surface area contributed by atoms with E-state index in [1.54, 1.807) is 0 Å². The Morgan fingerprint density at radius 1 is 0.419 bits per heavy atom. The highest BCUT2D eigenvalue weighted by atomic mass is 15.0. The van der Waals surface area contributed by atoms with Crippen molar-refractivity contribution in [1.82, 2.24) is 14.4 Å². The molecule has 0 radical (unpaired) electrons. The van der Waals surface area contributed by atoms with Gasteiger partial charge in [0.15, 0.2) is 0 Å². The van der Waals surface area contributed by atoms with E-state index in [0.29, 0.717) is 0 Å². The molecule has 8 rings (SSSR count). The molecular weight excluding hydrogens is 522 g/mol. The predicted octanol–water partition coefficient (Wildman–Crippen LogP) is 10.2. The molecule has 0 unspecified atom stereocenters. The first-order valence-electron chi connectivity index (χ1n) is 14.5. The second-order valence-electron chi connectivity index (χ2n) is 10.8. The van der Waals surface area contributed by atoms with Crippen LogP contribution >= 0.6 is 0 Å². The standard InChI is InChI=1S/C40H27N3/c1-2-10-31(11-3-1)40-39(42-38-14-6-7-22-43(38)40)30-18-15-29(16-19-30)35-24-36(26-37(25-35)34-13-8-21-41-27-34)33-20-17-28-9-4-5-12-32(28)23-33/h1-27H. The van der Waals surface area contributed by atoms with Gasteiger partial charge in [0.05, 0.1) is 11.4 Å². The third-order valence-corrected chi connectivity index (χ3v) is 8.08. The summed E-state index contributed by atoms with van der Waals surface area (Å²) in [4.78, 5) is 9.44. The fraction of sp³-hybridized carbons (Fsp3) is 0. The van der Waals surface area contributed by atoms with Crippen LogP contribution < -0.4 is 0 Å². The first kappa shape index (κ1) is 25.0. The van der Waals surface area contributed by atoms with Crippen molar-refractivity contribution in [2.45, 2.75) is 0 Å². The molecule has 0 spiro atoms. The van der Waals surface area contributed by atoms with Gasteiger partial charge in [-0.1, -0.05) is 103 Å². The lowest BCUT2D eigenvalue weighted by atomic mass is 9.92. The Balaban J connectivity index is 1.25. The summed E-state index contributed by atoms with van der Waals surface area (Å²) in [6.07, 6.45) is 5.83. The van der Waals surface area contributed by atoms with Gasteiger partial charge in [0.2, 0.25) is 0 Å². The number of rotatable bonds is 5. The number of hydrogen-bond donors (Lipinski definition) is 0. The Labute approximate surface area is 250 Å². The second-order valence-corrected chi connectivity index (χ2v) is 10.8. The molecule has 0 saturated heterocycles. The highest BCUT2D eigenvalue weighted by Crippen LogP contribution is 2.36. The quantitative estimate of drug-likeness (QED) is 0.214. The molecule has 5 aromatic carbocycles. The van der Waals surface area contributed by atoms with Gasteiger partial charge in [0, 0.05) is 35.3 Å². The van der Waals surface area contributed by atoms with Crippen LogP contribution in [0.4, 0.5) is 0 Å². The minimum Gasteiger partial charge on any atom is -0.299 e. The summed E-state index contributed by atoms with van der Waals surface area (Å²) in [7, 11) is 0. The summed E-state index contributed by atoms with van der Waals surface area (Å²) in [5.41, 5.74) is 12.2. The Hall–Kier alpha value is -5.80. The fourth-order valence-electron chi connectivity index (χ4n) is 5.92. The van der Waals surface area contributed by atoms with Gasteiger partial charge in [-0.3, -0.25) is 9.38 Å². The third-order valence-electron chi connectivity index (χ3n) is 8.08. The molecule has 3 heterocycles. The zero-order valence-corrected chi connectivity index (χ0v) is 23.4. The van der Waals surface area contributed by atoms with Crippen LogP contribution in [0.5, 0.6) is 0 Å². The van der Waals surface area contributed by atoms with E-state index in [0.717, 1.165) is 50.4 Å². The largest absolute Gasteiger partial charge is 0.299 e. The van der Waals surface area contributed by atoms with Crippen LogP contribution in [0.2, 0.25) is 0 Å². The first-order chi connectivity index (χ1) is 21.3. The number of benzene rings is 5. The van der Waals surface area contributed by atoms with Gasteiger partial charge in [0.1, 0.15) is 5.65 Å². The summed E-state index contributed by atoms with van der Waals surface area (Å²) in [6, 6.07) is 51.6. The Morgan fingerprint density at radius 2 is 1.07 bits per heavy atom. The first-order valence-corrected chi connectivity index (χ1v) is 14.5. The zero-order valence-electron chi connectivity index (χ0n) is 23.4. The van der Waals surface area contributed by atoms with E-state index in [2.05, 4.69) is 143 Å². The van der Waals surface area contributed by atoms with Crippen LogP contribution in [0.1, 0.15) is 0 Å². The monoisotopic (exact) mass is 549 g/mol. The summed E-state index contributed by atoms with van der Waals surface area (Å²) in [5.74, 6) is 0. The van der Waals surface area contributed by atoms with Crippen LogP contribution in [-0.2, 0) is 0 Å². The summed E-state index contributed by atoms with van der Waals surface area (Å²) in [5, 5.41) is 2.48. The normalized spacial score (nSPS) is 11.3. The van der Waals surface area contributed by atoms with Gasteiger partial charge in [0.25, 0.3) is 0 Å². The maximum absolute atomic E-state index is 5.05. The van der Waals surface area contributed by atoms with E-state index in [9.17, 15) is 0 Å². The van der Waals surface area contributed by atoms with E-state index >= 15 is 0 Å². The van der Waals surface area contributed by atoms with Crippen LogP contribution in [0, 0.1) is 0 Å². The van der Waals surface area contributed by atoms with Crippen LogP contribution in [0.25, 0.3) is 72.3 Å².